The van der Waals surface area contributed by atoms with Gasteiger partial charge in [-0.1, -0.05) is 18.2 Å². The van der Waals surface area contributed by atoms with Gasteiger partial charge in [0.05, 0.1) is 13.2 Å². The van der Waals surface area contributed by atoms with Crippen molar-refractivity contribution in [3.8, 4) is 5.75 Å². The number of hydrogen-bond acceptors (Lipinski definition) is 4. The molecule has 1 amide bonds. The second kappa shape index (κ2) is 12.3. The van der Waals surface area contributed by atoms with Crippen LogP contribution in [0.2, 0.25) is 0 Å². The van der Waals surface area contributed by atoms with Crippen molar-refractivity contribution in [3.63, 3.8) is 0 Å². The van der Waals surface area contributed by atoms with E-state index in [9.17, 15) is 4.79 Å². The first-order valence-electron chi connectivity index (χ1n) is 10.7. The number of guanidine groups is 1. The maximum absolute atomic E-state index is 12.0. The number of piperazine rings is 1. The fraction of sp³-hybridized carbons (Fsp3) is 0.636. The molecule has 0 spiro atoms. The van der Waals surface area contributed by atoms with Gasteiger partial charge in [0.1, 0.15) is 5.75 Å². The number of aryl methyl sites for hydroxylation is 1. The van der Waals surface area contributed by atoms with Crippen LogP contribution in [0, 0.1) is 6.92 Å². The van der Waals surface area contributed by atoms with Gasteiger partial charge in [0.15, 0.2) is 5.96 Å². The molecule has 7 heteroatoms. The lowest BCUT2D eigenvalue weighted by Crippen LogP contribution is -2.54. The lowest BCUT2D eigenvalue weighted by atomic mass is 10.2. The van der Waals surface area contributed by atoms with Crippen LogP contribution in [0.25, 0.3) is 0 Å². The van der Waals surface area contributed by atoms with Crippen LogP contribution in [-0.4, -0.2) is 80.1 Å². The second-order valence-corrected chi connectivity index (χ2v) is 7.69. The van der Waals surface area contributed by atoms with Crippen molar-refractivity contribution in [2.24, 2.45) is 4.99 Å². The molecule has 1 fully saturated rings. The SMILES string of the molecule is CCNC(=NCCCOc1ccccc1C)N1CCN(CC(=O)NC(C)C)CC1. The Balaban J connectivity index is 1.74. The standard InChI is InChI=1S/C22H37N5O2/c1-5-23-22(24-11-8-16-29-20-10-7-6-9-19(20)4)27-14-12-26(13-15-27)17-21(28)25-18(2)3/h6-7,9-10,18H,5,8,11-17H2,1-4H3,(H,23,24)(H,25,28). The molecule has 29 heavy (non-hydrogen) atoms. The largest absolute Gasteiger partial charge is 0.493 e. The van der Waals surface area contributed by atoms with Crippen LogP contribution >= 0.6 is 0 Å². The molecule has 0 aliphatic carbocycles. The van der Waals surface area contributed by atoms with E-state index in [1.807, 2.05) is 32.0 Å². The lowest BCUT2D eigenvalue weighted by Gasteiger charge is -2.36. The summed E-state index contributed by atoms with van der Waals surface area (Å²) >= 11 is 0. The van der Waals surface area contributed by atoms with Crippen molar-refractivity contribution in [1.29, 1.82) is 0 Å². The molecule has 2 rings (SSSR count). The zero-order chi connectivity index (χ0) is 21.1. The van der Waals surface area contributed by atoms with Gasteiger partial charge in [-0.2, -0.15) is 0 Å². The third kappa shape index (κ3) is 8.31. The van der Waals surface area contributed by atoms with E-state index in [0.717, 1.165) is 63.0 Å². The summed E-state index contributed by atoms with van der Waals surface area (Å²) in [6.45, 7) is 14.3. The van der Waals surface area contributed by atoms with Crippen molar-refractivity contribution >= 4 is 11.9 Å². The predicted octanol–water partition coefficient (Wildman–Crippen LogP) is 1.87. The first-order chi connectivity index (χ1) is 14.0. The molecule has 1 aliphatic heterocycles. The van der Waals surface area contributed by atoms with E-state index < -0.39 is 0 Å². The number of ether oxygens (including phenoxy) is 1. The Morgan fingerprint density at radius 1 is 1.21 bits per heavy atom. The highest BCUT2D eigenvalue weighted by atomic mass is 16.5. The lowest BCUT2D eigenvalue weighted by molar-refractivity contribution is -0.123. The van der Waals surface area contributed by atoms with Crippen LogP contribution < -0.4 is 15.4 Å². The Kier molecular flexibility index (Phi) is 9.77. The maximum Gasteiger partial charge on any atom is 0.234 e. The van der Waals surface area contributed by atoms with E-state index in [-0.39, 0.29) is 11.9 Å². The maximum atomic E-state index is 12.0. The van der Waals surface area contributed by atoms with Gasteiger partial charge >= 0.3 is 0 Å². The van der Waals surface area contributed by atoms with E-state index in [1.54, 1.807) is 0 Å². The zero-order valence-electron chi connectivity index (χ0n) is 18.4. The number of carbonyl (C=O) groups is 1. The van der Waals surface area contributed by atoms with Gasteiger partial charge in [-0.25, -0.2) is 0 Å². The number of carbonyl (C=O) groups excluding carboxylic acids is 1. The Morgan fingerprint density at radius 2 is 1.93 bits per heavy atom. The molecule has 0 bridgehead atoms. The number of para-hydroxylation sites is 1. The minimum atomic E-state index is 0.0997. The fourth-order valence-corrected chi connectivity index (χ4v) is 3.26. The number of hydrogen-bond donors (Lipinski definition) is 2. The summed E-state index contributed by atoms with van der Waals surface area (Å²) < 4.78 is 5.85. The van der Waals surface area contributed by atoms with Crippen LogP contribution in [0.15, 0.2) is 29.3 Å². The summed E-state index contributed by atoms with van der Waals surface area (Å²) in [4.78, 5) is 21.2. The topological polar surface area (TPSA) is 69.2 Å². The van der Waals surface area contributed by atoms with Crippen LogP contribution in [-0.2, 0) is 4.79 Å². The monoisotopic (exact) mass is 403 g/mol. The zero-order valence-corrected chi connectivity index (χ0v) is 18.4. The van der Waals surface area contributed by atoms with Crippen molar-refractivity contribution in [2.45, 2.75) is 40.2 Å². The molecular formula is C22H37N5O2. The third-order valence-electron chi connectivity index (χ3n) is 4.74. The van der Waals surface area contributed by atoms with Gasteiger partial charge in [-0.15, -0.1) is 0 Å². The molecule has 1 aromatic rings. The quantitative estimate of drug-likeness (QED) is 0.374. The Morgan fingerprint density at radius 3 is 2.59 bits per heavy atom. The molecule has 0 atom stereocenters. The van der Waals surface area contributed by atoms with Gasteiger partial charge in [0.2, 0.25) is 5.91 Å². The van der Waals surface area contributed by atoms with Gasteiger partial charge in [-0.3, -0.25) is 14.7 Å². The molecule has 1 aromatic carbocycles. The van der Waals surface area contributed by atoms with E-state index in [2.05, 4.69) is 40.3 Å². The molecule has 2 N–H and O–H groups in total. The van der Waals surface area contributed by atoms with Crippen LogP contribution in [0.4, 0.5) is 0 Å². The van der Waals surface area contributed by atoms with Crippen LogP contribution in [0.5, 0.6) is 5.75 Å². The molecule has 7 nitrogen and oxygen atoms in total. The van der Waals surface area contributed by atoms with Crippen LogP contribution in [0.3, 0.4) is 0 Å². The van der Waals surface area contributed by atoms with Crippen molar-refractivity contribution < 1.29 is 9.53 Å². The van der Waals surface area contributed by atoms with Crippen LogP contribution in [0.1, 0.15) is 32.8 Å². The molecule has 0 radical (unpaired) electrons. The Hall–Kier alpha value is -2.28. The number of amides is 1. The van der Waals surface area contributed by atoms with Gasteiger partial charge in [-0.05, 0) is 39.3 Å². The highest BCUT2D eigenvalue weighted by Gasteiger charge is 2.21. The highest BCUT2D eigenvalue weighted by molar-refractivity contribution is 5.80. The average Bonchev–Trinajstić information content (AvgIpc) is 2.68. The highest BCUT2D eigenvalue weighted by Crippen LogP contribution is 2.16. The summed E-state index contributed by atoms with van der Waals surface area (Å²) in [6, 6.07) is 8.26. The average molecular weight is 404 g/mol. The van der Waals surface area contributed by atoms with Crippen molar-refractivity contribution in [2.75, 3.05) is 52.4 Å². The minimum absolute atomic E-state index is 0.0997. The number of benzene rings is 1. The van der Waals surface area contributed by atoms with Crippen molar-refractivity contribution in [3.05, 3.63) is 29.8 Å². The molecule has 1 saturated heterocycles. The molecule has 0 aromatic heterocycles. The Labute approximate surface area is 175 Å². The number of nitrogens with one attached hydrogen (secondary N) is 2. The fourth-order valence-electron chi connectivity index (χ4n) is 3.26. The summed E-state index contributed by atoms with van der Waals surface area (Å²) in [5, 5.41) is 6.35. The first-order valence-corrected chi connectivity index (χ1v) is 10.7. The van der Waals surface area contributed by atoms with E-state index >= 15 is 0 Å². The number of aliphatic imine (C=N–C) groups is 1. The molecule has 162 valence electrons. The van der Waals surface area contributed by atoms with E-state index in [4.69, 9.17) is 9.73 Å². The predicted molar refractivity (Wildman–Crippen MR) is 119 cm³/mol. The van der Waals surface area contributed by atoms with Gasteiger partial charge < -0.3 is 20.3 Å². The summed E-state index contributed by atoms with van der Waals surface area (Å²) in [6.07, 6.45) is 0.874. The summed E-state index contributed by atoms with van der Waals surface area (Å²) in [7, 11) is 0. The molecule has 1 aliphatic rings. The Bertz CT molecular complexity index is 654. The summed E-state index contributed by atoms with van der Waals surface area (Å²) in [5.74, 6) is 2.00. The van der Waals surface area contributed by atoms with E-state index in [0.29, 0.717) is 13.2 Å². The minimum Gasteiger partial charge on any atom is -0.493 e. The second-order valence-electron chi connectivity index (χ2n) is 7.69. The normalized spacial score (nSPS) is 15.5. The van der Waals surface area contributed by atoms with Crippen molar-refractivity contribution in [1.82, 2.24) is 20.4 Å². The van der Waals surface area contributed by atoms with Gasteiger partial charge in [0, 0.05) is 51.7 Å². The number of nitrogens with zero attached hydrogens (tertiary/aromatic N) is 3. The summed E-state index contributed by atoms with van der Waals surface area (Å²) in [5.41, 5.74) is 1.16. The first kappa shape index (κ1) is 23.0. The third-order valence-corrected chi connectivity index (χ3v) is 4.74. The number of rotatable bonds is 9. The van der Waals surface area contributed by atoms with Gasteiger partial charge in [0.25, 0.3) is 0 Å². The molecule has 0 unspecified atom stereocenters. The smallest absolute Gasteiger partial charge is 0.234 e. The van der Waals surface area contributed by atoms with E-state index in [1.165, 1.54) is 0 Å². The molecule has 1 heterocycles. The molecule has 0 saturated carbocycles. The molecular weight excluding hydrogens is 366 g/mol.